The summed E-state index contributed by atoms with van der Waals surface area (Å²) in [5.74, 6) is -4.42. The minimum Gasteiger partial charge on any atom is -0.379 e. The van der Waals surface area contributed by atoms with Crippen LogP contribution in [0.3, 0.4) is 0 Å². The maximum atomic E-state index is 14.0. The van der Waals surface area contributed by atoms with E-state index >= 15 is 0 Å². The number of thioether (sulfide) groups is 1. The number of hydrogen-bond acceptors (Lipinski definition) is 3. The first-order valence-electron chi connectivity index (χ1n) is 5.62. The topological polar surface area (TPSA) is 38.4 Å². The van der Waals surface area contributed by atoms with Crippen LogP contribution < -0.4 is 5.73 Å². The van der Waals surface area contributed by atoms with Gasteiger partial charge in [-0.25, -0.2) is 13.2 Å². The third kappa shape index (κ3) is 1.81. The van der Waals surface area contributed by atoms with Crippen molar-refractivity contribution in [2.45, 2.75) is 23.6 Å². The number of halogens is 4. The summed E-state index contributed by atoms with van der Waals surface area (Å²) < 4.78 is 42.2. The van der Waals surface area contributed by atoms with Crippen molar-refractivity contribution >= 4 is 32.9 Å². The van der Waals surface area contributed by atoms with Crippen molar-refractivity contribution in [2.24, 2.45) is 16.6 Å². The van der Waals surface area contributed by atoms with Crippen LogP contribution in [0.2, 0.25) is 0 Å². The molecule has 1 fully saturated rings. The molecule has 1 heterocycles. The second kappa shape index (κ2) is 3.91. The highest BCUT2D eigenvalue weighted by Crippen LogP contribution is 2.66. The largest absolute Gasteiger partial charge is 0.379 e. The number of fused-ring (bicyclic) bond motifs is 1. The zero-order valence-electron chi connectivity index (χ0n) is 9.83. The summed E-state index contributed by atoms with van der Waals surface area (Å²) in [5.41, 5.74) is 4.45. The quantitative estimate of drug-likeness (QED) is 0.841. The number of benzene rings is 1. The fourth-order valence-corrected chi connectivity index (χ4v) is 4.35. The zero-order chi connectivity index (χ0) is 14.0. The molecule has 3 rings (SSSR count). The van der Waals surface area contributed by atoms with Gasteiger partial charge in [-0.2, -0.15) is 0 Å². The normalized spacial score (nSPS) is 35.5. The van der Waals surface area contributed by atoms with Gasteiger partial charge in [0.25, 0.3) is 5.92 Å². The Bertz CT molecular complexity index is 592. The summed E-state index contributed by atoms with van der Waals surface area (Å²) in [6, 6.07) is 4.26. The molecule has 7 heteroatoms. The molecule has 102 valence electrons. The highest BCUT2D eigenvalue weighted by atomic mass is 79.9. The predicted octanol–water partition coefficient (Wildman–Crippen LogP) is 3.50. The molecule has 1 aliphatic heterocycles. The van der Waals surface area contributed by atoms with Gasteiger partial charge in [0, 0.05) is 10.0 Å². The lowest BCUT2D eigenvalue weighted by Gasteiger charge is -2.29. The molecule has 1 aliphatic carbocycles. The minimum absolute atomic E-state index is 0.0836. The van der Waals surface area contributed by atoms with Gasteiger partial charge in [0.15, 0.2) is 5.17 Å². The number of rotatable bonds is 1. The van der Waals surface area contributed by atoms with E-state index in [1.807, 2.05) is 0 Å². The number of nitrogens with zero attached hydrogens (tertiary/aromatic N) is 1. The third-order valence-corrected chi connectivity index (χ3v) is 5.32. The smallest absolute Gasteiger partial charge is 0.267 e. The van der Waals surface area contributed by atoms with E-state index in [0.29, 0.717) is 4.47 Å². The second-order valence-electron chi connectivity index (χ2n) is 4.91. The van der Waals surface area contributed by atoms with Gasteiger partial charge in [0.1, 0.15) is 5.82 Å². The maximum absolute atomic E-state index is 14.0. The molecule has 3 atom stereocenters. The van der Waals surface area contributed by atoms with Crippen molar-refractivity contribution in [3.63, 3.8) is 0 Å². The van der Waals surface area contributed by atoms with Gasteiger partial charge in [0.05, 0.1) is 16.7 Å². The Morgan fingerprint density at radius 1 is 1.42 bits per heavy atom. The Hall–Kier alpha value is -0.690. The van der Waals surface area contributed by atoms with E-state index in [4.69, 9.17) is 5.73 Å². The number of amidine groups is 1. The number of nitrogens with two attached hydrogens (primary N) is 1. The molecule has 0 aromatic heterocycles. The predicted molar refractivity (Wildman–Crippen MR) is 72.9 cm³/mol. The summed E-state index contributed by atoms with van der Waals surface area (Å²) in [7, 11) is 0. The van der Waals surface area contributed by atoms with Crippen LogP contribution in [0.25, 0.3) is 0 Å². The second-order valence-corrected chi connectivity index (χ2v) is 6.99. The van der Waals surface area contributed by atoms with Crippen molar-refractivity contribution in [2.75, 3.05) is 0 Å². The van der Waals surface area contributed by atoms with Crippen LogP contribution in [-0.4, -0.2) is 16.3 Å². The molecule has 0 radical (unpaired) electrons. The monoisotopic (exact) mass is 350 g/mol. The van der Waals surface area contributed by atoms with Crippen LogP contribution in [0.5, 0.6) is 0 Å². The minimum atomic E-state index is -2.86. The molecule has 19 heavy (non-hydrogen) atoms. The molecule has 0 saturated heterocycles. The fourth-order valence-electron chi connectivity index (χ4n) is 2.68. The molecule has 1 saturated carbocycles. The number of aliphatic imine (C=N–C) groups is 1. The Kier molecular flexibility index (Phi) is 2.74. The van der Waals surface area contributed by atoms with Gasteiger partial charge in [-0.05, 0) is 25.1 Å². The molecule has 1 aromatic rings. The Balaban J connectivity index is 2.16. The van der Waals surface area contributed by atoms with Gasteiger partial charge in [-0.1, -0.05) is 27.7 Å². The van der Waals surface area contributed by atoms with Crippen LogP contribution in [0.4, 0.5) is 13.2 Å². The van der Waals surface area contributed by atoms with Crippen LogP contribution in [0, 0.1) is 11.7 Å². The molecule has 2 N–H and O–H groups in total. The third-order valence-electron chi connectivity index (χ3n) is 3.66. The Morgan fingerprint density at radius 3 is 2.79 bits per heavy atom. The van der Waals surface area contributed by atoms with Crippen molar-refractivity contribution in [3.05, 3.63) is 34.1 Å². The lowest BCUT2D eigenvalue weighted by atomic mass is 9.87. The molecule has 0 spiro atoms. The molecule has 1 aromatic carbocycles. The van der Waals surface area contributed by atoms with Crippen LogP contribution in [0.15, 0.2) is 27.7 Å². The van der Waals surface area contributed by atoms with E-state index < -0.39 is 28.4 Å². The highest BCUT2D eigenvalue weighted by molar-refractivity contribution is 9.10. The zero-order valence-corrected chi connectivity index (χ0v) is 12.2. The highest BCUT2D eigenvalue weighted by Gasteiger charge is 2.77. The van der Waals surface area contributed by atoms with Gasteiger partial charge in [-0.3, -0.25) is 4.99 Å². The average Bonchev–Trinajstić information content (AvgIpc) is 2.85. The van der Waals surface area contributed by atoms with E-state index in [1.165, 1.54) is 25.1 Å². The first-order chi connectivity index (χ1) is 8.76. The van der Waals surface area contributed by atoms with E-state index in [9.17, 15) is 13.2 Å². The summed E-state index contributed by atoms with van der Waals surface area (Å²) in [5, 5.41) is -0.825. The van der Waals surface area contributed by atoms with Gasteiger partial charge in [-0.15, -0.1) is 0 Å². The molecule has 0 bridgehead atoms. The molecular weight excluding hydrogens is 341 g/mol. The fraction of sp³-hybridized carbons (Fsp3) is 0.417. The van der Waals surface area contributed by atoms with Gasteiger partial charge in [0.2, 0.25) is 0 Å². The van der Waals surface area contributed by atoms with Crippen molar-refractivity contribution in [1.29, 1.82) is 0 Å². The number of hydrogen-bond donors (Lipinski definition) is 1. The Morgan fingerprint density at radius 2 is 2.11 bits per heavy atom. The lowest BCUT2D eigenvalue weighted by Crippen LogP contribution is -2.32. The van der Waals surface area contributed by atoms with Crippen LogP contribution in [-0.2, 0) is 5.54 Å². The van der Waals surface area contributed by atoms with Crippen molar-refractivity contribution in [3.8, 4) is 0 Å². The molecule has 2 aliphatic rings. The van der Waals surface area contributed by atoms with E-state index in [-0.39, 0.29) is 10.7 Å². The van der Waals surface area contributed by atoms with Gasteiger partial charge >= 0.3 is 0 Å². The number of alkyl halides is 2. The summed E-state index contributed by atoms with van der Waals surface area (Å²) >= 11 is 4.10. The molecule has 0 unspecified atom stereocenters. The summed E-state index contributed by atoms with van der Waals surface area (Å²) in [4.78, 5) is 4.12. The van der Waals surface area contributed by atoms with Crippen LogP contribution in [0.1, 0.15) is 12.5 Å². The van der Waals surface area contributed by atoms with E-state index in [0.717, 1.165) is 11.8 Å². The molecule has 0 amide bonds. The van der Waals surface area contributed by atoms with E-state index in [1.54, 1.807) is 0 Å². The SMILES string of the molecule is C[C@]1(c2cc(Br)ccc2F)N=C(N)S[C@@H]2[C@H]1C2(F)F. The standard InChI is InChI=1S/C12H10BrF3N2S/c1-11(6-4-5(13)2-3-7(6)14)8-9(12(8,15)16)19-10(17)18-11/h2-4,8-9H,1H3,(H2,17,18)/t8-,9-,11-/m1/s1. The summed E-state index contributed by atoms with van der Waals surface area (Å²) in [6.07, 6.45) is 0. The molecular formula is C12H10BrF3N2S. The van der Waals surface area contributed by atoms with Crippen molar-refractivity contribution in [1.82, 2.24) is 0 Å². The first kappa shape index (κ1) is 13.3. The first-order valence-corrected chi connectivity index (χ1v) is 7.29. The van der Waals surface area contributed by atoms with Gasteiger partial charge < -0.3 is 5.73 Å². The Labute approximate surface area is 120 Å². The maximum Gasteiger partial charge on any atom is 0.267 e. The van der Waals surface area contributed by atoms with E-state index in [2.05, 4.69) is 20.9 Å². The molecule has 2 nitrogen and oxygen atoms in total. The summed E-state index contributed by atoms with van der Waals surface area (Å²) in [6.45, 7) is 1.52. The van der Waals surface area contributed by atoms with Crippen molar-refractivity contribution < 1.29 is 13.2 Å². The lowest BCUT2D eigenvalue weighted by molar-refractivity contribution is 0.0819. The average molecular weight is 351 g/mol. The van der Waals surface area contributed by atoms with Crippen LogP contribution >= 0.6 is 27.7 Å².